The summed E-state index contributed by atoms with van der Waals surface area (Å²) in [4.78, 5) is 0. The van der Waals surface area contributed by atoms with Crippen molar-refractivity contribution in [3.63, 3.8) is 0 Å². The zero-order valence-electron chi connectivity index (χ0n) is 8.13. The Bertz CT molecular complexity index is 246. The highest BCUT2D eigenvalue weighted by atomic mass is 79.9. The molecule has 4 heteroatoms. The summed E-state index contributed by atoms with van der Waals surface area (Å²) in [6.07, 6.45) is 4.31. The topological polar surface area (TPSA) is 43.8 Å². The Kier molecular flexibility index (Phi) is 3.78. The molecule has 1 aromatic rings. The van der Waals surface area contributed by atoms with Crippen LogP contribution < -0.4 is 5.73 Å². The van der Waals surface area contributed by atoms with Crippen molar-refractivity contribution in [3.8, 4) is 0 Å². The fraction of sp³-hybridized carbons (Fsp3) is 0.667. The molecule has 0 saturated heterocycles. The van der Waals surface area contributed by atoms with Gasteiger partial charge in [-0.15, -0.1) is 0 Å². The third-order valence-electron chi connectivity index (χ3n) is 2.34. The van der Waals surface area contributed by atoms with E-state index in [9.17, 15) is 0 Å². The van der Waals surface area contributed by atoms with Crippen LogP contribution in [0.1, 0.15) is 26.7 Å². The van der Waals surface area contributed by atoms with E-state index in [0.717, 1.165) is 11.0 Å². The van der Waals surface area contributed by atoms with E-state index in [1.54, 1.807) is 0 Å². The highest BCUT2D eigenvalue weighted by Crippen LogP contribution is 2.18. The summed E-state index contributed by atoms with van der Waals surface area (Å²) in [6.45, 7) is 5.37. The van der Waals surface area contributed by atoms with Gasteiger partial charge in [0.2, 0.25) is 0 Å². The SMILES string of the molecule is CCC(CC)Cn1cc(Br)c(N)n1. The fourth-order valence-corrected chi connectivity index (χ4v) is 1.63. The number of aromatic nitrogens is 2. The molecule has 1 rings (SSSR count). The van der Waals surface area contributed by atoms with E-state index in [4.69, 9.17) is 5.73 Å². The molecular weight excluding hydrogens is 230 g/mol. The molecule has 3 nitrogen and oxygen atoms in total. The summed E-state index contributed by atoms with van der Waals surface area (Å²) in [5.74, 6) is 1.28. The molecule has 2 N–H and O–H groups in total. The van der Waals surface area contributed by atoms with Crippen molar-refractivity contribution < 1.29 is 0 Å². The maximum Gasteiger partial charge on any atom is 0.159 e. The van der Waals surface area contributed by atoms with Gasteiger partial charge in [-0.25, -0.2) is 0 Å². The predicted octanol–water partition coefficient (Wildman–Crippen LogP) is 2.66. The smallest absolute Gasteiger partial charge is 0.159 e. The minimum absolute atomic E-state index is 0.575. The molecule has 0 aliphatic rings. The van der Waals surface area contributed by atoms with Gasteiger partial charge in [0.1, 0.15) is 0 Å². The summed E-state index contributed by atoms with van der Waals surface area (Å²) >= 11 is 3.34. The van der Waals surface area contributed by atoms with Gasteiger partial charge in [0.25, 0.3) is 0 Å². The minimum Gasteiger partial charge on any atom is -0.381 e. The molecule has 0 aromatic carbocycles. The molecule has 1 aromatic heterocycles. The lowest BCUT2D eigenvalue weighted by molar-refractivity contribution is 0.396. The second-order valence-electron chi connectivity index (χ2n) is 3.27. The first-order valence-electron chi connectivity index (χ1n) is 4.65. The minimum atomic E-state index is 0.575. The zero-order chi connectivity index (χ0) is 9.84. The lowest BCUT2D eigenvalue weighted by Crippen LogP contribution is -2.09. The van der Waals surface area contributed by atoms with Crippen molar-refractivity contribution >= 4 is 21.7 Å². The second-order valence-corrected chi connectivity index (χ2v) is 4.12. The first-order chi connectivity index (χ1) is 6.17. The molecule has 0 aliphatic heterocycles. The van der Waals surface area contributed by atoms with Crippen LogP contribution >= 0.6 is 15.9 Å². The van der Waals surface area contributed by atoms with Gasteiger partial charge in [0.05, 0.1) is 4.47 Å². The van der Waals surface area contributed by atoms with Crippen LogP contribution in [0.2, 0.25) is 0 Å². The van der Waals surface area contributed by atoms with Crippen LogP contribution in [0.4, 0.5) is 5.82 Å². The van der Waals surface area contributed by atoms with E-state index in [0.29, 0.717) is 11.7 Å². The average Bonchev–Trinajstić information content (AvgIpc) is 2.42. The Labute approximate surface area is 87.4 Å². The van der Waals surface area contributed by atoms with Crippen molar-refractivity contribution in [1.82, 2.24) is 9.78 Å². The maximum absolute atomic E-state index is 5.62. The first kappa shape index (κ1) is 10.6. The van der Waals surface area contributed by atoms with Crippen molar-refractivity contribution in [2.75, 3.05) is 5.73 Å². The monoisotopic (exact) mass is 245 g/mol. The number of nitrogens with two attached hydrogens (primary N) is 1. The molecule has 13 heavy (non-hydrogen) atoms. The number of hydrogen-bond donors (Lipinski definition) is 1. The molecule has 74 valence electrons. The maximum atomic E-state index is 5.62. The summed E-state index contributed by atoms with van der Waals surface area (Å²) < 4.78 is 2.80. The quantitative estimate of drug-likeness (QED) is 0.887. The predicted molar refractivity (Wildman–Crippen MR) is 58.4 cm³/mol. The lowest BCUT2D eigenvalue weighted by Gasteiger charge is -2.11. The highest BCUT2D eigenvalue weighted by molar-refractivity contribution is 9.10. The van der Waals surface area contributed by atoms with Crippen LogP contribution in [0.15, 0.2) is 10.7 Å². The molecule has 1 heterocycles. The number of rotatable bonds is 4. The molecule has 0 saturated carbocycles. The number of nitrogen functional groups attached to an aromatic ring is 1. The van der Waals surface area contributed by atoms with Crippen LogP contribution in [0, 0.1) is 5.92 Å². The number of hydrogen-bond acceptors (Lipinski definition) is 2. The van der Waals surface area contributed by atoms with Gasteiger partial charge in [0.15, 0.2) is 5.82 Å². The van der Waals surface area contributed by atoms with Gasteiger partial charge < -0.3 is 5.73 Å². The molecular formula is C9H16BrN3. The largest absolute Gasteiger partial charge is 0.381 e. The number of nitrogens with zero attached hydrogens (tertiary/aromatic N) is 2. The van der Waals surface area contributed by atoms with Gasteiger partial charge in [-0.2, -0.15) is 5.10 Å². The van der Waals surface area contributed by atoms with E-state index in [1.807, 2.05) is 10.9 Å². The summed E-state index contributed by atoms with van der Waals surface area (Å²) in [7, 11) is 0. The Morgan fingerprint density at radius 2 is 2.15 bits per heavy atom. The molecule has 0 fully saturated rings. The molecule has 0 atom stereocenters. The molecule has 0 unspecified atom stereocenters. The molecule has 0 amide bonds. The van der Waals surface area contributed by atoms with Crippen molar-refractivity contribution in [3.05, 3.63) is 10.7 Å². The van der Waals surface area contributed by atoms with E-state index in [-0.39, 0.29) is 0 Å². The van der Waals surface area contributed by atoms with Gasteiger partial charge in [0, 0.05) is 12.7 Å². The third kappa shape index (κ3) is 2.72. The Morgan fingerprint density at radius 1 is 1.54 bits per heavy atom. The van der Waals surface area contributed by atoms with Crippen molar-refractivity contribution in [2.24, 2.45) is 5.92 Å². The average molecular weight is 246 g/mol. The van der Waals surface area contributed by atoms with Crippen LogP contribution in [-0.4, -0.2) is 9.78 Å². The molecule has 0 spiro atoms. The van der Waals surface area contributed by atoms with E-state index in [1.165, 1.54) is 12.8 Å². The van der Waals surface area contributed by atoms with Crippen LogP contribution in [0.3, 0.4) is 0 Å². The van der Waals surface area contributed by atoms with Crippen LogP contribution in [0.25, 0.3) is 0 Å². The van der Waals surface area contributed by atoms with Gasteiger partial charge in [-0.3, -0.25) is 4.68 Å². The van der Waals surface area contributed by atoms with E-state index < -0.39 is 0 Å². The summed E-state index contributed by atoms with van der Waals surface area (Å²) in [5.41, 5.74) is 5.62. The number of halogens is 1. The van der Waals surface area contributed by atoms with Gasteiger partial charge >= 0.3 is 0 Å². The van der Waals surface area contributed by atoms with Crippen LogP contribution in [-0.2, 0) is 6.54 Å². The standard InChI is InChI=1S/C9H16BrN3/c1-3-7(4-2)5-13-6-8(10)9(11)12-13/h6-7H,3-5H2,1-2H3,(H2,11,12). The Balaban J connectivity index is 2.62. The molecule has 0 radical (unpaired) electrons. The zero-order valence-corrected chi connectivity index (χ0v) is 9.71. The summed E-state index contributed by atoms with van der Waals surface area (Å²) in [6, 6.07) is 0. The van der Waals surface area contributed by atoms with Crippen molar-refractivity contribution in [2.45, 2.75) is 33.2 Å². The first-order valence-corrected chi connectivity index (χ1v) is 5.45. The third-order valence-corrected chi connectivity index (χ3v) is 2.95. The van der Waals surface area contributed by atoms with Crippen LogP contribution in [0.5, 0.6) is 0 Å². The van der Waals surface area contributed by atoms with E-state index in [2.05, 4.69) is 34.9 Å². The van der Waals surface area contributed by atoms with Gasteiger partial charge in [-0.05, 0) is 21.8 Å². The Hall–Kier alpha value is -0.510. The summed E-state index contributed by atoms with van der Waals surface area (Å²) in [5, 5.41) is 4.19. The Morgan fingerprint density at radius 3 is 2.54 bits per heavy atom. The fourth-order valence-electron chi connectivity index (χ4n) is 1.32. The highest BCUT2D eigenvalue weighted by Gasteiger charge is 2.07. The second kappa shape index (κ2) is 4.65. The van der Waals surface area contributed by atoms with E-state index >= 15 is 0 Å². The van der Waals surface area contributed by atoms with Gasteiger partial charge in [-0.1, -0.05) is 26.7 Å². The normalized spacial score (nSPS) is 11.1. The molecule has 0 aliphatic carbocycles. The number of anilines is 1. The van der Waals surface area contributed by atoms with Crippen molar-refractivity contribution in [1.29, 1.82) is 0 Å². The lowest BCUT2D eigenvalue weighted by atomic mass is 10.0. The molecule has 0 bridgehead atoms.